The van der Waals surface area contributed by atoms with Crippen LogP contribution in [0.15, 0.2) is 24.3 Å². The molecule has 0 heterocycles. The van der Waals surface area contributed by atoms with Gasteiger partial charge in [0.1, 0.15) is 0 Å². The van der Waals surface area contributed by atoms with Crippen molar-refractivity contribution in [1.29, 1.82) is 0 Å². The molecule has 1 saturated carbocycles. The Kier molecular flexibility index (Phi) is 4.61. The zero-order valence-electron chi connectivity index (χ0n) is 11.2. The van der Waals surface area contributed by atoms with Crippen molar-refractivity contribution in [2.24, 2.45) is 5.41 Å². The van der Waals surface area contributed by atoms with Crippen molar-refractivity contribution in [2.45, 2.75) is 25.7 Å². The minimum atomic E-state index is 0.533. The van der Waals surface area contributed by atoms with Crippen LogP contribution in [0.25, 0.3) is 0 Å². The Labute approximate surface area is 110 Å². The molecule has 0 aliphatic heterocycles. The van der Waals surface area contributed by atoms with Crippen LogP contribution in [0.5, 0.6) is 0 Å². The van der Waals surface area contributed by atoms with Crippen LogP contribution in [0.4, 0.5) is 5.69 Å². The number of anilines is 1. The molecule has 1 aromatic carbocycles. The molecule has 3 heteroatoms. The average Bonchev–Trinajstić information content (AvgIpc) is 3.13. The number of nitrogens with one attached hydrogen (secondary N) is 1. The quantitative estimate of drug-likeness (QED) is 0.548. The number of rotatable bonds is 8. The van der Waals surface area contributed by atoms with Gasteiger partial charge in [-0.25, -0.2) is 0 Å². The summed E-state index contributed by atoms with van der Waals surface area (Å²) in [5, 5.41) is 3.57. The summed E-state index contributed by atoms with van der Waals surface area (Å²) in [5.41, 5.74) is 8.46. The third-order valence-electron chi connectivity index (χ3n) is 3.84. The normalized spacial score (nSPS) is 16.7. The van der Waals surface area contributed by atoms with Crippen molar-refractivity contribution >= 4 is 5.69 Å². The van der Waals surface area contributed by atoms with Crippen LogP contribution in [0.2, 0.25) is 0 Å². The number of benzene rings is 1. The highest BCUT2D eigenvalue weighted by molar-refractivity contribution is 5.40. The lowest BCUT2D eigenvalue weighted by atomic mass is 10.0. The third-order valence-corrected chi connectivity index (χ3v) is 3.84. The van der Waals surface area contributed by atoms with Crippen LogP contribution in [0.1, 0.15) is 24.8 Å². The molecule has 1 aliphatic rings. The van der Waals surface area contributed by atoms with Gasteiger partial charge in [0, 0.05) is 25.9 Å². The van der Waals surface area contributed by atoms with E-state index in [2.05, 4.69) is 17.4 Å². The van der Waals surface area contributed by atoms with Crippen molar-refractivity contribution in [3.8, 4) is 0 Å². The zero-order chi connectivity index (χ0) is 12.8. The van der Waals surface area contributed by atoms with Crippen LogP contribution < -0.4 is 11.1 Å². The van der Waals surface area contributed by atoms with Gasteiger partial charge in [-0.3, -0.25) is 0 Å². The third kappa shape index (κ3) is 4.00. The monoisotopic (exact) mass is 248 g/mol. The molecule has 100 valence electrons. The minimum Gasteiger partial charge on any atom is -0.399 e. The summed E-state index contributed by atoms with van der Waals surface area (Å²) in [6.45, 7) is 3.04. The van der Waals surface area contributed by atoms with E-state index in [-0.39, 0.29) is 0 Å². The Morgan fingerprint density at radius 2 is 2.22 bits per heavy atom. The van der Waals surface area contributed by atoms with Gasteiger partial charge in [-0.2, -0.15) is 0 Å². The van der Waals surface area contributed by atoms with E-state index in [9.17, 15) is 0 Å². The molecule has 1 aromatic rings. The SMILES string of the molecule is COCCC1(CNCCc2cccc(N)c2)CC1. The van der Waals surface area contributed by atoms with Crippen molar-refractivity contribution in [2.75, 3.05) is 32.5 Å². The lowest BCUT2D eigenvalue weighted by molar-refractivity contribution is 0.171. The Morgan fingerprint density at radius 3 is 2.89 bits per heavy atom. The van der Waals surface area contributed by atoms with Crippen LogP contribution in [0, 0.1) is 5.41 Å². The summed E-state index contributed by atoms with van der Waals surface area (Å²) >= 11 is 0. The number of hydrogen-bond acceptors (Lipinski definition) is 3. The molecule has 0 radical (unpaired) electrons. The number of nitrogens with two attached hydrogens (primary N) is 1. The molecule has 0 unspecified atom stereocenters. The second kappa shape index (κ2) is 6.21. The molecule has 2 rings (SSSR count). The van der Waals surface area contributed by atoms with E-state index < -0.39 is 0 Å². The molecule has 3 N–H and O–H groups in total. The average molecular weight is 248 g/mol. The summed E-state index contributed by atoms with van der Waals surface area (Å²) in [5.74, 6) is 0. The molecular formula is C15H24N2O. The Balaban J connectivity index is 1.64. The Bertz CT molecular complexity index is 375. The van der Waals surface area contributed by atoms with Gasteiger partial charge in [-0.05, 0) is 55.3 Å². The summed E-state index contributed by atoms with van der Waals surface area (Å²) in [4.78, 5) is 0. The minimum absolute atomic E-state index is 0.533. The maximum Gasteiger partial charge on any atom is 0.0468 e. The van der Waals surface area contributed by atoms with E-state index in [1.165, 1.54) is 24.8 Å². The maximum absolute atomic E-state index is 5.76. The van der Waals surface area contributed by atoms with Crippen molar-refractivity contribution in [3.63, 3.8) is 0 Å². The highest BCUT2D eigenvalue weighted by Gasteiger charge is 2.41. The lowest BCUT2D eigenvalue weighted by Crippen LogP contribution is -2.26. The second-order valence-corrected chi connectivity index (χ2v) is 5.41. The number of methoxy groups -OCH3 is 1. The standard InChI is InChI=1S/C15H24N2O/c1-18-10-8-15(6-7-15)12-17-9-5-13-3-2-4-14(16)11-13/h2-4,11,17H,5-10,12,16H2,1H3. The maximum atomic E-state index is 5.76. The fourth-order valence-electron chi connectivity index (χ4n) is 2.35. The predicted octanol–water partition coefficient (Wildman–Crippen LogP) is 2.22. The first-order valence-electron chi connectivity index (χ1n) is 6.78. The first kappa shape index (κ1) is 13.4. The predicted molar refractivity (Wildman–Crippen MR) is 75.6 cm³/mol. The molecular weight excluding hydrogens is 224 g/mol. The number of ether oxygens (including phenoxy) is 1. The fraction of sp³-hybridized carbons (Fsp3) is 0.600. The summed E-state index contributed by atoms with van der Waals surface area (Å²) < 4.78 is 5.16. The van der Waals surface area contributed by atoms with Gasteiger partial charge in [-0.15, -0.1) is 0 Å². The zero-order valence-corrected chi connectivity index (χ0v) is 11.2. The first-order valence-corrected chi connectivity index (χ1v) is 6.78. The van der Waals surface area contributed by atoms with Crippen LogP contribution >= 0.6 is 0 Å². The largest absolute Gasteiger partial charge is 0.399 e. The summed E-state index contributed by atoms with van der Waals surface area (Å²) in [6.07, 6.45) is 4.93. The second-order valence-electron chi connectivity index (χ2n) is 5.41. The Morgan fingerprint density at radius 1 is 1.39 bits per heavy atom. The molecule has 0 atom stereocenters. The molecule has 0 aromatic heterocycles. The molecule has 0 amide bonds. The van der Waals surface area contributed by atoms with E-state index in [4.69, 9.17) is 10.5 Å². The van der Waals surface area contributed by atoms with E-state index in [0.717, 1.165) is 31.8 Å². The molecule has 1 fully saturated rings. The first-order chi connectivity index (χ1) is 8.74. The van der Waals surface area contributed by atoms with Gasteiger partial charge in [-0.1, -0.05) is 12.1 Å². The molecule has 0 saturated heterocycles. The van der Waals surface area contributed by atoms with Crippen molar-refractivity contribution in [1.82, 2.24) is 5.32 Å². The van der Waals surface area contributed by atoms with Crippen LogP contribution in [0.3, 0.4) is 0 Å². The van der Waals surface area contributed by atoms with Gasteiger partial charge in [0.25, 0.3) is 0 Å². The number of hydrogen-bond donors (Lipinski definition) is 2. The van der Waals surface area contributed by atoms with E-state index in [1.807, 2.05) is 12.1 Å². The summed E-state index contributed by atoms with van der Waals surface area (Å²) in [6, 6.07) is 8.14. The topological polar surface area (TPSA) is 47.3 Å². The van der Waals surface area contributed by atoms with Gasteiger partial charge >= 0.3 is 0 Å². The van der Waals surface area contributed by atoms with Crippen molar-refractivity contribution < 1.29 is 4.74 Å². The molecule has 1 aliphatic carbocycles. The van der Waals surface area contributed by atoms with Gasteiger partial charge in [0.15, 0.2) is 0 Å². The van der Waals surface area contributed by atoms with E-state index >= 15 is 0 Å². The van der Waals surface area contributed by atoms with E-state index in [0.29, 0.717) is 5.41 Å². The fourth-order valence-corrected chi connectivity index (χ4v) is 2.35. The number of nitrogen functional groups attached to an aromatic ring is 1. The highest BCUT2D eigenvalue weighted by Crippen LogP contribution is 2.48. The van der Waals surface area contributed by atoms with Gasteiger partial charge < -0.3 is 15.8 Å². The smallest absolute Gasteiger partial charge is 0.0468 e. The van der Waals surface area contributed by atoms with Crippen LogP contribution in [-0.4, -0.2) is 26.8 Å². The van der Waals surface area contributed by atoms with Gasteiger partial charge in [0.2, 0.25) is 0 Å². The lowest BCUT2D eigenvalue weighted by Gasteiger charge is -2.15. The molecule has 18 heavy (non-hydrogen) atoms. The Hall–Kier alpha value is -1.06. The van der Waals surface area contributed by atoms with E-state index in [1.54, 1.807) is 7.11 Å². The van der Waals surface area contributed by atoms with Gasteiger partial charge in [0.05, 0.1) is 0 Å². The highest BCUT2D eigenvalue weighted by atomic mass is 16.5. The molecule has 3 nitrogen and oxygen atoms in total. The summed E-state index contributed by atoms with van der Waals surface area (Å²) in [7, 11) is 1.78. The molecule has 0 spiro atoms. The molecule has 0 bridgehead atoms. The van der Waals surface area contributed by atoms with Crippen LogP contribution in [-0.2, 0) is 11.2 Å². The van der Waals surface area contributed by atoms with Crippen molar-refractivity contribution in [3.05, 3.63) is 29.8 Å².